The molecule has 0 aromatic heterocycles. The SMILES string of the molecule is COCCOCCCNC(=O)c1cc([N+](=O)[O-])ccc1N(C)C. The summed E-state index contributed by atoms with van der Waals surface area (Å²) in [7, 11) is 5.16. The Bertz CT molecular complexity index is 534. The van der Waals surface area contributed by atoms with Crippen molar-refractivity contribution in [3.05, 3.63) is 33.9 Å². The molecule has 0 aliphatic heterocycles. The zero-order chi connectivity index (χ0) is 17.2. The Hall–Kier alpha value is -2.19. The van der Waals surface area contributed by atoms with E-state index in [1.54, 1.807) is 32.2 Å². The van der Waals surface area contributed by atoms with Crippen molar-refractivity contribution in [1.29, 1.82) is 0 Å². The van der Waals surface area contributed by atoms with E-state index in [4.69, 9.17) is 9.47 Å². The molecule has 0 saturated heterocycles. The van der Waals surface area contributed by atoms with Gasteiger partial charge >= 0.3 is 0 Å². The minimum atomic E-state index is -0.514. The number of nitrogens with one attached hydrogen (secondary N) is 1. The molecule has 0 fully saturated rings. The molecule has 0 bridgehead atoms. The van der Waals surface area contributed by atoms with Crippen molar-refractivity contribution >= 4 is 17.3 Å². The van der Waals surface area contributed by atoms with Crippen LogP contribution in [0.25, 0.3) is 0 Å². The highest BCUT2D eigenvalue weighted by Gasteiger charge is 2.17. The lowest BCUT2D eigenvalue weighted by Gasteiger charge is -2.17. The molecule has 1 aromatic carbocycles. The zero-order valence-corrected chi connectivity index (χ0v) is 13.7. The van der Waals surface area contributed by atoms with Crippen LogP contribution in [-0.2, 0) is 9.47 Å². The van der Waals surface area contributed by atoms with Crippen molar-refractivity contribution in [3.8, 4) is 0 Å². The van der Waals surface area contributed by atoms with Crippen molar-refractivity contribution in [2.45, 2.75) is 6.42 Å². The number of amides is 1. The second-order valence-corrected chi connectivity index (χ2v) is 5.07. The van der Waals surface area contributed by atoms with Gasteiger partial charge in [0.25, 0.3) is 11.6 Å². The zero-order valence-electron chi connectivity index (χ0n) is 13.7. The van der Waals surface area contributed by atoms with Crippen LogP contribution in [0.2, 0.25) is 0 Å². The highest BCUT2D eigenvalue weighted by atomic mass is 16.6. The van der Waals surface area contributed by atoms with E-state index < -0.39 is 4.92 Å². The summed E-state index contributed by atoms with van der Waals surface area (Å²) in [6.45, 7) is 1.99. The molecular formula is C15H23N3O5. The third kappa shape index (κ3) is 6.21. The maximum atomic E-state index is 12.3. The van der Waals surface area contributed by atoms with Crippen LogP contribution in [0.15, 0.2) is 18.2 Å². The molecular weight excluding hydrogens is 302 g/mol. The Morgan fingerprint density at radius 3 is 2.65 bits per heavy atom. The number of rotatable bonds is 10. The molecule has 128 valence electrons. The van der Waals surface area contributed by atoms with Crippen molar-refractivity contribution in [1.82, 2.24) is 5.32 Å². The lowest BCUT2D eigenvalue weighted by Crippen LogP contribution is -2.27. The first-order chi connectivity index (χ1) is 11.0. The van der Waals surface area contributed by atoms with Crippen LogP contribution >= 0.6 is 0 Å². The number of anilines is 1. The van der Waals surface area contributed by atoms with Gasteiger partial charge in [0.2, 0.25) is 0 Å². The molecule has 0 unspecified atom stereocenters. The molecule has 0 aliphatic carbocycles. The second kappa shape index (κ2) is 9.75. The molecule has 0 heterocycles. The predicted octanol–water partition coefficient (Wildman–Crippen LogP) is 1.44. The summed E-state index contributed by atoms with van der Waals surface area (Å²) in [4.78, 5) is 24.4. The van der Waals surface area contributed by atoms with Gasteiger partial charge in [-0.15, -0.1) is 0 Å². The van der Waals surface area contributed by atoms with Gasteiger partial charge in [-0.25, -0.2) is 0 Å². The number of nitro groups is 1. The third-order valence-corrected chi connectivity index (χ3v) is 3.10. The maximum absolute atomic E-state index is 12.3. The Morgan fingerprint density at radius 2 is 2.04 bits per heavy atom. The average Bonchev–Trinajstić information content (AvgIpc) is 2.53. The van der Waals surface area contributed by atoms with Gasteiger partial charge in [-0.2, -0.15) is 0 Å². The fourth-order valence-corrected chi connectivity index (χ4v) is 1.93. The first-order valence-corrected chi connectivity index (χ1v) is 7.28. The maximum Gasteiger partial charge on any atom is 0.270 e. The fourth-order valence-electron chi connectivity index (χ4n) is 1.93. The first kappa shape index (κ1) is 18.9. The number of benzene rings is 1. The van der Waals surface area contributed by atoms with E-state index in [1.807, 2.05) is 0 Å². The molecule has 1 aromatic rings. The number of hydrogen-bond donors (Lipinski definition) is 1. The van der Waals surface area contributed by atoms with Crippen LogP contribution < -0.4 is 10.2 Å². The van der Waals surface area contributed by atoms with Gasteiger partial charge in [-0.3, -0.25) is 14.9 Å². The van der Waals surface area contributed by atoms with E-state index >= 15 is 0 Å². The second-order valence-electron chi connectivity index (χ2n) is 5.07. The molecule has 23 heavy (non-hydrogen) atoms. The number of nitrogens with zero attached hydrogens (tertiary/aromatic N) is 2. The summed E-state index contributed by atoms with van der Waals surface area (Å²) in [5, 5.41) is 13.6. The topological polar surface area (TPSA) is 93.9 Å². The summed E-state index contributed by atoms with van der Waals surface area (Å²) in [5.41, 5.74) is 0.803. The number of hydrogen-bond acceptors (Lipinski definition) is 6. The number of carbonyl (C=O) groups excluding carboxylic acids is 1. The smallest absolute Gasteiger partial charge is 0.270 e. The van der Waals surface area contributed by atoms with Crippen LogP contribution in [0, 0.1) is 10.1 Å². The van der Waals surface area contributed by atoms with Gasteiger partial charge in [-0.1, -0.05) is 0 Å². The minimum Gasteiger partial charge on any atom is -0.382 e. The largest absolute Gasteiger partial charge is 0.382 e. The average molecular weight is 325 g/mol. The van der Waals surface area contributed by atoms with Gasteiger partial charge in [0, 0.05) is 52.2 Å². The molecule has 0 radical (unpaired) electrons. The fraction of sp³-hybridized carbons (Fsp3) is 0.533. The number of methoxy groups -OCH3 is 1. The van der Waals surface area contributed by atoms with Crippen LogP contribution in [0.4, 0.5) is 11.4 Å². The van der Waals surface area contributed by atoms with E-state index in [1.165, 1.54) is 12.1 Å². The number of non-ortho nitro benzene ring substituents is 1. The van der Waals surface area contributed by atoms with Crippen LogP contribution in [0.3, 0.4) is 0 Å². The molecule has 1 amide bonds. The Labute approximate surface area is 135 Å². The molecule has 8 nitrogen and oxygen atoms in total. The van der Waals surface area contributed by atoms with E-state index in [0.29, 0.717) is 38.5 Å². The van der Waals surface area contributed by atoms with E-state index in [2.05, 4.69) is 5.32 Å². The van der Waals surface area contributed by atoms with Crippen molar-refractivity contribution in [3.63, 3.8) is 0 Å². The number of nitro benzene ring substituents is 1. The van der Waals surface area contributed by atoms with Gasteiger partial charge in [-0.05, 0) is 12.5 Å². The molecule has 0 spiro atoms. The van der Waals surface area contributed by atoms with Crippen LogP contribution in [0.1, 0.15) is 16.8 Å². The standard InChI is InChI=1S/C15H23N3O5/c1-17(2)14-6-5-12(18(20)21)11-13(14)15(19)16-7-4-8-23-10-9-22-3/h5-6,11H,4,7-10H2,1-3H3,(H,16,19). The summed E-state index contributed by atoms with van der Waals surface area (Å²) in [5.74, 6) is -0.339. The predicted molar refractivity (Wildman–Crippen MR) is 87.1 cm³/mol. The van der Waals surface area contributed by atoms with E-state index in [0.717, 1.165) is 0 Å². The lowest BCUT2D eigenvalue weighted by molar-refractivity contribution is -0.384. The Morgan fingerprint density at radius 1 is 1.30 bits per heavy atom. The third-order valence-electron chi connectivity index (χ3n) is 3.10. The van der Waals surface area contributed by atoms with Gasteiger partial charge in [0.1, 0.15) is 0 Å². The Balaban J connectivity index is 2.60. The quantitative estimate of drug-likeness (QED) is 0.397. The highest BCUT2D eigenvalue weighted by Crippen LogP contribution is 2.24. The number of carbonyl (C=O) groups is 1. The van der Waals surface area contributed by atoms with Crippen molar-refractivity contribution in [2.24, 2.45) is 0 Å². The molecule has 1 N–H and O–H groups in total. The molecule has 1 rings (SSSR count). The highest BCUT2D eigenvalue weighted by molar-refractivity contribution is 6.00. The summed E-state index contributed by atoms with van der Waals surface area (Å²) >= 11 is 0. The Kier molecular flexibility index (Phi) is 8.00. The molecule has 0 atom stereocenters. The van der Waals surface area contributed by atoms with Crippen molar-refractivity contribution in [2.75, 3.05) is 52.5 Å². The normalized spacial score (nSPS) is 10.4. The van der Waals surface area contributed by atoms with Gasteiger partial charge in [0.15, 0.2) is 0 Å². The summed E-state index contributed by atoms with van der Waals surface area (Å²) in [6, 6.07) is 4.25. The van der Waals surface area contributed by atoms with Crippen LogP contribution in [0.5, 0.6) is 0 Å². The number of ether oxygens (including phenoxy) is 2. The van der Waals surface area contributed by atoms with Crippen molar-refractivity contribution < 1.29 is 19.2 Å². The molecule has 0 saturated carbocycles. The first-order valence-electron chi connectivity index (χ1n) is 7.28. The van der Waals surface area contributed by atoms with Crippen LogP contribution in [-0.4, -0.2) is 58.4 Å². The summed E-state index contributed by atoms with van der Waals surface area (Å²) in [6.07, 6.45) is 0.654. The van der Waals surface area contributed by atoms with E-state index in [9.17, 15) is 14.9 Å². The summed E-state index contributed by atoms with van der Waals surface area (Å²) < 4.78 is 10.2. The van der Waals surface area contributed by atoms with Gasteiger partial charge in [0.05, 0.1) is 23.7 Å². The monoisotopic (exact) mass is 325 g/mol. The minimum absolute atomic E-state index is 0.108. The molecule has 8 heteroatoms. The molecule has 0 aliphatic rings. The van der Waals surface area contributed by atoms with Gasteiger partial charge < -0.3 is 19.7 Å². The lowest BCUT2D eigenvalue weighted by atomic mass is 10.1. The van der Waals surface area contributed by atoms with E-state index in [-0.39, 0.29) is 17.2 Å².